The van der Waals surface area contributed by atoms with Crippen LogP contribution in [0.15, 0.2) is 36.4 Å². The molecule has 5 heteroatoms. The van der Waals surface area contributed by atoms with Gasteiger partial charge in [-0.15, -0.1) is 0 Å². The largest absolute Gasteiger partial charge is 0.342 e. The van der Waals surface area contributed by atoms with Crippen LogP contribution in [0, 0.1) is 11.6 Å². The van der Waals surface area contributed by atoms with Crippen molar-refractivity contribution in [2.75, 3.05) is 13.1 Å². The highest BCUT2D eigenvalue weighted by Gasteiger charge is 2.20. The molecule has 130 valence electrons. The number of rotatable bonds is 4. The lowest BCUT2D eigenvalue weighted by atomic mass is 10.0. The van der Waals surface area contributed by atoms with Crippen molar-refractivity contribution in [2.24, 2.45) is 0 Å². The van der Waals surface area contributed by atoms with Gasteiger partial charge in [0, 0.05) is 30.6 Å². The van der Waals surface area contributed by atoms with Gasteiger partial charge >= 0.3 is 0 Å². The molecule has 25 heavy (non-hydrogen) atoms. The Morgan fingerprint density at radius 1 is 1.20 bits per heavy atom. The Labute approximate surface area is 145 Å². The quantitative estimate of drug-likeness (QED) is 0.756. The Kier molecular flexibility index (Phi) is 4.25. The first-order valence-electron chi connectivity index (χ1n) is 8.78. The number of halogens is 2. The summed E-state index contributed by atoms with van der Waals surface area (Å²) in [4.78, 5) is 10.5. The zero-order valence-electron chi connectivity index (χ0n) is 14.2. The highest BCUT2D eigenvalue weighted by molar-refractivity contribution is 5.92. The molecule has 4 rings (SSSR count). The van der Waals surface area contributed by atoms with Gasteiger partial charge in [-0.25, -0.2) is 13.8 Å². The van der Waals surface area contributed by atoms with Crippen LogP contribution >= 0.6 is 0 Å². The van der Waals surface area contributed by atoms with Crippen molar-refractivity contribution in [3.05, 3.63) is 53.9 Å². The Morgan fingerprint density at radius 2 is 2.00 bits per heavy atom. The van der Waals surface area contributed by atoms with E-state index in [1.165, 1.54) is 25.0 Å². The summed E-state index contributed by atoms with van der Waals surface area (Å²) in [7, 11) is 0. The Morgan fingerprint density at radius 3 is 2.72 bits per heavy atom. The number of benzene rings is 2. The molecule has 0 saturated carbocycles. The van der Waals surface area contributed by atoms with Crippen LogP contribution in [-0.4, -0.2) is 34.0 Å². The van der Waals surface area contributed by atoms with Crippen molar-refractivity contribution in [3.8, 4) is 11.1 Å². The van der Waals surface area contributed by atoms with Gasteiger partial charge in [0.2, 0.25) is 0 Å². The lowest BCUT2D eigenvalue weighted by Gasteiger charge is -2.19. The van der Waals surface area contributed by atoms with E-state index >= 15 is 0 Å². The van der Waals surface area contributed by atoms with Gasteiger partial charge in [0.05, 0.1) is 11.0 Å². The van der Waals surface area contributed by atoms with Crippen LogP contribution in [-0.2, 0) is 6.42 Å². The average molecular weight is 341 g/mol. The van der Waals surface area contributed by atoms with Gasteiger partial charge in [-0.1, -0.05) is 12.1 Å². The van der Waals surface area contributed by atoms with Gasteiger partial charge in [0.15, 0.2) is 0 Å². The molecular formula is C20H21F2N3. The molecule has 1 saturated heterocycles. The zero-order valence-corrected chi connectivity index (χ0v) is 14.2. The van der Waals surface area contributed by atoms with Crippen molar-refractivity contribution in [3.63, 3.8) is 0 Å². The predicted molar refractivity (Wildman–Crippen MR) is 95.4 cm³/mol. The summed E-state index contributed by atoms with van der Waals surface area (Å²) in [6, 6.07) is 9.89. The molecule has 2 heterocycles. The van der Waals surface area contributed by atoms with Crippen LogP contribution < -0.4 is 0 Å². The fourth-order valence-electron chi connectivity index (χ4n) is 3.72. The summed E-state index contributed by atoms with van der Waals surface area (Å²) < 4.78 is 27.2. The van der Waals surface area contributed by atoms with E-state index in [1.807, 2.05) is 18.2 Å². The second-order valence-electron chi connectivity index (χ2n) is 6.82. The number of hydrogen-bond acceptors (Lipinski definition) is 2. The number of fused-ring (bicyclic) bond motifs is 1. The second kappa shape index (κ2) is 6.56. The van der Waals surface area contributed by atoms with Crippen LogP contribution in [0.4, 0.5) is 8.78 Å². The average Bonchev–Trinajstić information content (AvgIpc) is 3.17. The van der Waals surface area contributed by atoms with E-state index < -0.39 is 11.6 Å². The van der Waals surface area contributed by atoms with E-state index in [0.717, 1.165) is 48.0 Å². The lowest BCUT2D eigenvalue weighted by Crippen LogP contribution is -2.29. The van der Waals surface area contributed by atoms with Crippen LogP contribution in [0.3, 0.4) is 0 Å². The zero-order chi connectivity index (χ0) is 17.4. The molecule has 1 aliphatic rings. The van der Waals surface area contributed by atoms with Gasteiger partial charge in [0.25, 0.3) is 0 Å². The SMILES string of the molecule is C[C@@H]1CCCN1CCc1nc2c(-c3cc(F)cc(F)c3)cccc2[nH]1. The number of aromatic amines is 1. The number of imidazole rings is 1. The molecule has 3 nitrogen and oxygen atoms in total. The topological polar surface area (TPSA) is 31.9 Å². The van der Waals surface area contributed by atoms with E-state index in [-0.39, 0.29) is 0 Å². The first kappa shape index (κ1) is 16.2. The summed E-state index contributed by atoms with van der Waals surface area (Å²) in [5.74, 6) is -0.241. The molecular weight excluding hydrogens is 320 g/mol. The molecule has 0 radical (unpaired) electrons. The summed E-state index contributed by atoms with van der Waals surface area (Å²) >= 11 is 0. The van der Waals surface area contributed by atoms with Gasteiger partial charge in [-0.2, -0.15) is 0 Å². The first-order chi connectivity index (χ1) is 12.1. The number of para-hydroxylation sites is 1. The molecule has 0 unspecified atom stereocenters. The number of hydrogen-bond donors (Lipinski definition) is 1. The fourth-order valence-corrected chi connectivity index (χ4v) is 3.72. The molecule has 0 amide bonds. The normalized spacial score (nSPS) is 18.3. The van der Waals surface area contributed by atoms with Gasteiger partial charge < -0.3 is 9.88 Å². The minimum atomic E-state index is -0.578. The molecule has 1 fully saturated rings. The molecule has 2 aromatic carbocycles. The Bertz CT molecular complexity index is 883. The second-order valence-corrected chi connectivity index (χ2v) is 6.82. The summed E-state index contributed by atoms with van der Waals surface area (Å²) in [5, 5.41) is 0. The molecule has 1 atom stereocenters. The Hall–Kier alpha value is -2.27. The minimum absolute atomic E-state index is 0.509. The van der Waals surface area contributed by atoms with E-state index in [0.29, 0.717) is 11.6 Å². The van der Waals surface area contributed by atoms with Crippen molar-refractivity contribution in [2.45, 2.75) is 32.2 Å². The van der Waals surface area contributed by atoms with Crippen LogP contribution in [0.25, 0.3) is 22.2 Å². The van der Waals surface area contributed by atoms with Crippen molar-refractivity contribution in [1.82, 2.24) is 14.9 Å². The van der Waals surface area contributed by atoms with Gasteiger partial charge in [-0.3, -0.25) is 0 Å². The fraction of sp³-hybridized carbons (Fsp3) is 0.350. The van der Waals surface area contributed by atoms with E-state index in [2.05, 4.69) is 16.8 Å². The maximum atomic E-state index is 13.6. The number of aromatic nitrogens is 2. The molecule has 1 aromatic heterocycles. The van der Waals surface area contributed by atoms with Crippen molar-refractivity contribution < 1.29 is 8.78 Å². The van der Waals surface area contributed by atoms with Crippen molar-refractivity contribution >= 4 is 11.0 Å². The monoisotopic (exact) mass is 341 g/mol. The summed E-state index contributed by atoms with van der Waals surface area (Å²) in [6.07, 6.45) is 3.36. The molecule has 3 aromatic rings. The standard InChI is InChI=1S/C20H21F2N3/c1-13-4-3-8-25(13)9-7-19-23-18-6-2-5-17(20(18)24-19)14-10-15(21)12-16(22)11-14/h2,5-6,10-13H,3-4,7-9H2,1H3,(H,23,24)/t13-/m1/s1. The number of likely N-dealkylation sites (tertiary alicyclic amines) is 1. The maximum Gasteiger partial charge on any atom is 0.126 e. The number of H-pyrrole nitrogens is 1. The van der Waals surface area contributed by atoms with Crippen LogP contribution in [0.2, 0.25) is 0 Å². The van der Waals surface area contributed by atoms with Crippen LogP contribution in [0.5, 0.6) is 0 Å². The smallest absolute Gasteiger partial charge is 0.126 e. The van der Waals surface area contributed by atoms with E-state index in [1.54, 1.807) is 0 Å². The molecule has 1 aliphatic heterocycles. The number of nitrogens with one attached hydrogen (secondary N) is 1. The predicted octanol–water partition coefficient (Wildman–Crippen LogP) is 4.53. The third-order valence-corrected chi connectivity index (χ3v) is 5.06. The summed E-state index contributed by atoms with van der Waals surface area (Å²) in [6.45, 7) is 4.39. The lowest BCUT2D eigenvalue weighted by molar-refractivity contribution is 0.271. The summed E-state index contributed by atoms with van der Waals surface area (Å²) in [5.41, 5.74) is 2.91. The van der Waals surface area contributed by atoms with E-state index in [9.17, 15) is 8.78 Å². The molecule has 0 aliphatic carbocycles. The minimum Gasteiger partial charge on any atom is -0.342 e. The van der Waals surface area contributed by atoms with Gasteiger partial charge in [0.1, 0.15) is 17.5 Å². The first-order valence-corrected chi connectivity index (χ1v) is 8.78. The molecule has 0 spiro atoms. The van der Waals surface area contributed by atoms with E-state index in [4.69, 9.17) is 4.98 Å². The van der Waals surface area contributed by atoms with Crippen LogP contribution in [0.1, 0.15) is 25.6 Å². The number of nitrogens with zero attached hydrogens (tertiary/aromatic N) is 2. The maximum absolute atomic E-state index is 13.6. The molecule has 0 bridgehead atoms. The Balaban J connectivity index is 1.64. The third-order valence-electron chi connectivity index (χ3n) is 5.06. The molecule has 1 N–H and O–H groups in total. The highest BCUT2D eigenvalue weighted by atomic mass is 19.1. The van der Waals surface area contributed by atoms with Gasteiger partial charge in [-0.05, 0) is 50.1 Å². The highest BCUT2D eigenvalue weighted by Crippen LogP contribution is 2.28. The third kappa shape index (κ3) is 3.29. The van der Waals surface area contributed by atoms with Crippen molar-refractivity contribution in [1.29, 1.82) is 0 Å².